The number of aryl methyl sites for hydroxylation is 1. The predicted molar refractivity (Wildman–Crippen MR) is 84.9 cm³/mol. The molecule has 0 bridgehead atoms. The standard InChI is InChI=1S/C16H23BFNO3/c1-10-8-11(14(20)19(6)7)13(18)9-12(10)17-21-15(2,3)16(4,5)22-17/h8-9H,1-7H3. The maximum Gasteiger partial charge on any atom is 0.495 e. The molecule has 1 fully saturated rings. The van der Waals surface area contributed by atoms with Gasteiger partial charge in [-0.05, 0) is 52.2 Å². The number of hydrogen-bond acceptors (Lipinski definition) is 3. The molecule has 0 atom stereocenters. The van der Waals surface area contributed by atoms with Crippen molar-refractivity contribution < 1.29 is 18.5 Å². The van der Waals surface area contributed by atoms with Gasteiger partial charge >= 0.3 is 7.12 Å². The summed E-state index contributed by atoms with van der Waals surface area (Å²) in [5.74, 6) is -0.921. The van der Waals surface area contributed by atoms with Gasteiger partial charge in [-0.1, -0.05) is 5.56 Å². The summed E-state index contributed by atoms with van der Waals surface area (Å²) in [4.78, 5) is 13.3. The van der Waals surface area contributed by atoms with Gasteiger partial charge in [0.05, 0.1) is 16.8 Å². The summed E-state index contributed by atoms with van der Waals surface area (Å²) in [6, 6.07) is 2.90. The first-order valence-electron chi connectivity index (χ1n) is 7.33. The molecule has 1 aromatic carbocycles. The van der Waals surface area contributed by atoms with E-state index in [-0.39, 0.29) is 11.5 Å². The summed E-state index contributed by atoms with van der Waals surface area (Å²) in [6.45, 7) is 9.61. The SMILES string of the molecule is Cc1cc(C(=O)N(C)C)c(F)cc1B1OC(C)(C)C(C)(C)O1. The van der Waals surface area contributed by atoms with Crippen LogP contribution in [0.25, 0.3) is 0 Å². The van der Waals surface area contributed by atoms with Gasteiger partial charge in [-0.2, -0.15) is 0 Å². The molecule has 0 radical (unpaired) electrons. The van der Waals surface area contributed by atoms with E-state index >= 15 is 0 Å². The number of nitrogens with zero attached hydrogens (tertiary/aromatic N) is 1. The van der Waals surface area contributed by atoms with Crippen molar-refractivity contribution in [1.82, 2.24) is 4.90 Å². The van der Waals surface area contributed by atoms with Crippen LogP contribution in [0.3, 0.4) is 0 Å². The van der Waals surface area contributed by atoms with E-state index in [9.17, 15) is 9.18 Å². The summed E-state index contributed by atoms with van der Waals surface area (Å²) >= 11 is 0. The number of benzene rings is 1. The van der Waals surface area contributed by atoms with E-state index < -0.39 is 24.1 Å². The van der Waals surface area contributed by atoms with Gasteiger partial charge in [0.1, 0.15) is 5.82 Å². The second kappa shape index (κ2) is 5.35. The number of hydrogen-bond donors (Lipinski definition) is 0. The molecule has 0 N–H and O–H groups in total. The van der Waals surface area contributed by atoms with Crippen molar-refractivity contribution in [2.45, 2.75) is 45.8 Å². The summed E-state index contributed by atoms with van der Waals surface area (Å²) in [7, 11) is 2.56. The topological polar surface area (TPSA) is 38.8 Å². The Morgan fingerprint density at radius 3 is 2.09 bits per heavy atom. The van der Waals surface area contributed by atoms with Crippen molar-refractivity contribution in [3.05, 3.63) is 29.1 Å². The molecule has 1 aliphatic heterocycles. The molecule has 0 saturated carbocycles. The smallest absolute Gasteiger partial charge is 0.399 e. The van der Waals surface area contributed by atoms with Crippen LogP contribution >= 0.6 is 0 Å². The van der Waals surface area contributed by atoms with E-state index in [1.54, 1.807) is 20.2 Å². The van der Waals surface area contributed by atoms with Crippen molar-refractivity contribution in [3.63, 3.8) is 0 Å². The molecule has 6 heteroatoms. The van der Waals surface area contributed by atoms with Crippen LogP contribution in [0.1, 0.15) is 43.6 Å². The minimum Gasteiger partial charge on any atom is -0.399 e. The Morgan fingerprint density at radius 1 is 1.14 bits per heavy atom. The van der Waals surface area contributed by atoms with E-state index in [2.05, 4.69) is 0 Å². The molecule has 1 aliphatic rings. The van der Waals surface area contributed by atoms with E-state index in [4.69, 9.17) is 9.31 Å². The fourth-order valence-corrected chi connectivity index (χ4v) is 2.33. The third-order valence-corrected chi connectivity index (χ3v) is 4.50. The van der Waals surface area contributed by atoms with Crippen LogP contribution in [-0.4, -0.2) is 43.2 Å². The van der Waals surface area contributed by atoms with Crippen LogP contribution in [0.4, 0.5) is 4.39 Å². The molecule has 0 unspecified atom stereocenters. The second-order valence-electron chi connectivity index (χ2n) is 6.98. The lowest BCUT2D eigenvalue weighted by molar-refractivity contribution is 0.00578. The highest BCUT2D eigenvalue weighted by Gasteiger charge is 2.52. The molecule has 1 heterocycles. The summed E-state index contributed by atoms with van der Waals surface area (Å²) < 4.78 is 26.2. The lowest BCUT2D eigenvalue weighted by atomic mass is 9.75. The minimum absolute atomic E-state index is 0.0581. The first kappa shape index (κ1) is 17.0. The maximum absolute atomic E-state index is 14.3. The van der Waals surface area contributed by atoms with Crippen molar-refractivity contribution in [3.8, 4) is 0 Å². The van der Waals surface area contributed by atoms with Crippen LogP contribution < -0.4 is 5.46 Å². The molecule has 0 spiro atoms. The van der Waals surface area contributed by atoms with Crippen LogP contribution in [0.15, 0.2) is 12.1 Å². The zero-order valence-electron chi connectivity index (χ0n) is 14.3. The van der Waals surface area contributed by atoms with Crippen LogP contribution in [-0.2, 0) is 9.31 Å². The van der Waals surface area contributed by atoms with Gasteiger partial charge in [0.25, 0.3) is 5.91 Å². The molecule has 2 rings (SSSR count). The number of rotatable bonds is 2. The normalized spacial score (nSPS) is 19.4. The van der Waals surface area contributed by atoms with Crippen LogP contribution in [0.5, 0.6) is 0 Å². The molecule has 0 aromatic heterocycles. The lowest BCUT2D eigenvalue weighted by Crippen LogP contribution is -2.41. The highest BCUT2D eigenvalue weighted by molar-refractivity contribution is 6.62. The summed E-state index contributed by atoms with van der Waals surface area (Å²) in [6.07, 6.45) is 0. The number of halogens is 1. The van der Waals surface area contributed by atoms with Crippen LogP contribution in [0, 0.1) is 12.7 Å². The second-order valence-corrected chi connectivity index (χ2v) is 6.98. The van der Waals surface area contributed by atoms with E-state index in [1.165, 1.54) is 11.0 Å². The van der Waals surface area contributed by atoms with Gasteiger partial charge in [0.2, 0.25) is 0 Å². The van der Waals surface area contributed by atoms with E-state index in [0.29, 0.717) is 5.46 Å². The molecule has 1 amide bonds. The zero-order valence-corrected chi connectivity index (χ0v) is 14.3. The largest absolute Gasteiger partial charge is 0.495 e. The molecule has 22 heavy (non-hydrogen) atoms. The molecular weight excluding hydrogens is 284 g/mol. The molecule has 1 aromatic rings. The first-order chi connectivity index (χ1) is 9.96. The van der Waals surface area contributed by atoms with Crippen molar-refractivity contribution in [2.24, 2.45) is 0 Å². The average Bonchev–Trinajstić information content (AvgIpc) is 2.59. The third kappa shape index (κ3) is 2.77. The minimum atomic E-state index is -0.636. The predicted octanol–water partition coefficient (Wildman–Crippen LogP) is 2.14. The van der Waals surface area contributed by atoms with Gasteiger partial charge < -0.3 is 14.2 Å². The summed E-state index contributed by atoms with van der Waals surface area (Å²) in [5, 5.41) is 0. The molecule has 0 aliphatic carbocycles. The van der Waals surface area contributed by atoms with Crippen molar-refractivity contribution >= 4 is 18.5 Å². The number of carbonyl (C=O) groups excluding carboxylic acids is 1. The fourth-order valence-electron chi connectivity index (χ4n) is 2.33. The first-order valence-corrected chi connectivity index (χ1v) is 7.33. The van der Waals surface area contributed by atoms with Gasteiger partial charge in [-0.25, -0.2) is 4.39 Å². The van der Waals surface area contributed by atoms with Gasteiger partial charge in [-0.15, -0.1) is 0 Å². The monoisotopic (exact) mass is 307 g/mol. The number of carbonyl (C=O) groups is 1. The lowest BCUT2D eigenvalue weighted by Gasteiger charge is -2.32. The van der Waals surface area contributed by atoms with Gasteiger partial charge in [-0.3, -0.25) is 4.79 Å². The molecule has 120 valence electrons. The Hall–Kier alpha value is -1.40. The highest BCUT2D eigenvalue weighted by Crippen LogP contribution is 2.36. The fraction of sp³-hybridized carbons (Fsp3) is 0.562. The number of amides is 1. The molecular formula is C16H23BFNO3. The molecule has 1 saturated heterocycles. The maximum atomic E-state index is 14.3. The zero-order chi connectivity index (χ0) is 16.9. The van der Waals surface area contributed by atoms with Crippen molar-refractivity contribution in [1.29, 1.82) is 0 Å². The Bertz CT molecular complexity index is 598. The van der Waals surface area contributed by atoms with Crippen LogP contribution in [0.2, 0.25) is 0 Å². The van der Waals surface area contributed by atoms with E-state index in [0.717, 1.165) is 5.56 Å². The van der Waals surface area contributed by atoms with Gasteiger partial charge in [0.15, 0.2) is 0 Å². The van der Waals surface area contributed by atoms with Gasteiger partial charge in [0, 0.05) is 14.1 Å². The average molecular weight is 307 g/mol. The summed E-state index contributed by atoms with van der Waals surface area (Å²) in [5.41, 5.74) is 0.469. The van der Waals surface area contributed by atoms with E-state index in [1.807, 2.05) is 34.6 Å². The Kier molecular flexibility index (Phi) is 4.13. The quantitative estimate of drug-likeness (QED) is 0.786. The van der Waals surface area contributed by atoms with Crippen molar-refractivity contribution in [2.75, 3.05) is 14.1 Å². The highest BCUT2D eigenvalue weighted by atomic mass is 19.1. The Morgan fingerprint density at radius 2 is 1.64 bits per heavy atom. The Balaban J connectivity index is 2.39. The third-order valence-electron chi connectivity index (χ3n) is 4.50. The Labute approximate surface area is 131 Å². The molecule has 4 nitrogen and oxygen atoms in total.